The minimum absolute atomic E-state index is 0.768. The largest absolute Gasteiger partial charge is 0.399 e. The van der Waals surface area contributed by atoms with Gasteiger partial charge in [-0.25, -0.2) is 0 Å². The Morgan fingerprint density at radius 3 is 2.50 bits per heavy atom. The van der Waals surface area contributed by atoms with Crippen LogP contribution in [-0.2, 0) is 6.42 Å². The van der Waals surface area contributed by atoms with Crippen LogP contribution in [0.25, 0.3) is 11.3 Å². The van der Waals surface area contributed by atoms with E-state index < -0.39 is 0 Å². The normalized spacial score (nSPS) is 10.4. The highest BCUT2D eigenvalue weighted by Gasteiger charge is 2.02. The quantitative estimate of drug-likeness (QED) is 0.909. The summed E-state index contributed by atoms with van der Waals surface area (Å²) >= 11 is 3.42. The van der Waals surface area contributed by atoms with E-state index in [1.165, 1.54) is 0 Å². The first-order valence-electron chi connectivity index (χ1n) is 5.21. The maximum Gasteiger partial charge on any atom is 0.0725 e. The van der Waals surface area contributed by atoms with Crippen molar-refractivity contribution in [3.8, 4) is 11.3 Å². The van der Waals surface area contributed by atoms with Gasteiger partial charge in [0.25, 0.3) is 0 Å². The van der Waals surface area contributed by atoms with E-state index in [1.54, 1.807) is 0 Å². The maximum atomic E-state index is 5.85. The van der Waals surface area contributed by atoms with Gasteiger partial charge >= 0.3 is 0 Å². The van der Waals surface area contributed by atoms with Gasteiger partial charge in [0.2, 0.25) is 0 Å². The smallest absolute Gasteiger partial charge is 0.0725 e. The number of nitrogens with two attached hydrogens (primary N) is 1. The summed E-state index contributed by atoms with van der Waals surface area (Å²) < 4.78 is 1.07. The van der Waals surface area contributed by atoms with E-state index in [4.69, 9.17) is 5.73 Å². The topological polar surface area (TPSA) is 38.9 Å². The highest BCUT2D eigenvalue weighted by molar-refractivity contribution is 9.10. The number of anilines is 1. The maximum absolute atomic E-state index is 5.85. The Morgan fingerprint density at radius 2 is 1.88 bits per heavy atom. The van der Waals surface area contributed by atoms with Gasteiger partial charge in [-0.05, 0) is 30.7 Å². The fourth-order valence-electron chi connectivity index (χ4n) is 1.56. The summed E-state index contributed by atoms with van der Waals surface area (Å²) in [4.78, 5) is 4.56. The predicted octanol–water partition coefficient (Wildman–Crippen LogP) is 3.66. The summed E-state index contributed by atoms with van der Waals surface area (Å²) in [5.74, 6) is 0. The fraction of sp³-hybridized carbons (Fsp3) is 0.154. The van der Waals surface area contributed by atoms with Crippen LogP contribution in [0.3, 0.4) is 0 Å². The molecule has 82 valence electrons. The molecule has 3 heteroatoms. The number of rotatable bonds is 2. The highest BCUT2D eigenvalue weighted by atomic mass is 79.9. The van der Waals surface area contributed by atoms with Gasteiger partial charge in [0, 0.05) is 21.4 Å². The SMILES string of the molecule is CCc1cc(N)cc(-c2ccc(Br)cc2)n1. The highest BCUT2D eigenvalue weighted by Crippen LogP contribution is 2.22. The van der Waals surface area contributed by atoms with Crippen LogP contribution in [0, 0.1) is 0 Å². The number of benzene rings is 1. The number of nitrogen functional groups attached to an aromatic ring is 1. The van der Waals surface area contributed by atoms with Crippen molar-refractivity contribution < 1.29 is 0 Å². The number of halogens is 1. The molecule has 2 rings (SSSR count). The van der Waals surface area contributed by atoms with Crippen LogP contribution >= 0.6 is 15.9 Å². The molecule has 0 atom stereocenters. The molecule has 2 N–H and O–H groups in total. The van der Waals surface area contributed by atoms with Gasteiger partial charge in [0.1, 0.15) is 0 Å². The van der Waals surface area contributed by atoms with Crippen molar-refractivity contribution in [1.82, 2.24) is 4.98 Å². The van der Waals surface area contributed by atoms with Crippen LogP contribution in [0.2, 0.25) is 0 Å². The van der Waals surface area contributed by atoms with Crippen LogP contribution in [-0.4, -0.2) is 4.98 Å². The van der Waals surface area contributed by atoms with Gasteiger partial charge in [0.15, 0.2) is 0 Å². The van der Waals surface area contributed by atoms with Crippen molar-refractivity contribution in [2.24, 2.45) is 0 Å². The standard InChI is InChI=1S/C13H13BrN2/c1-2-12-7-11(15)8-13(16-12)9-3-5-10(14)6-4-9/h3-8H,2H2,1H3,(H2,15,16). The number of nitrogens with zero attached hydrogens (tertiary/aromatic N) is 1. The van der Waals surface area contributed by atoms with Crippen molar-refractivity contribution in [2.45, 2.75) is 13.3 Å². The molecule has 1 aromatic heterocycles. The summed E-state index contributed by atoms with van der Waals surface area (Å²) in [5, 5.41) is 0. The zero-order valence-corrected chi connectivity index (χ0v) is 10.7. The molecule has 0 radical (unpaired) electrons. The second kappa shape index (κ2) is 4.66. The molecule has 0 aliphatic heterocycles. The molecule has 0 aliphatic rings. The average Bonchev–Trinajstić information content (AvgIpc) is 2.29. The lowest BCUT2D eigenvalue weighted by Gasteiger charge is -2.05. The summed E-state index contributed by atoms with van der Waals surface area (Å²) in [7, 11) is 0. The molecule has 0 spiro atoms. The summed E-state index contributed by atoms with van der Waals surface area (Å²) in [5.41, 5.74) is 9.67. The molecule has 0 fully saturated rings. The monoisotopic (exact) mass is 276 g/mol. The van der Waals surface area contributed by atoms with E-state index in [1.807, 2.05) is 36.4 Å². The molecule has 2 nitrogen and oxygen atoms in total. The first-order valence-corrected chi connectivity index (χ1v) is 6.00. The van der Waals surface area contributed by atoms with Gasteiger partial charge in [-0.3, -0.25) is 4.98 Å². The van der Waals surface area contributed by atoms with Crippen LogP contribution in [0.1, 0.15) is 12.6 Å². The zero-order valence-electron chi connectivity index (χ0n) is 9.07. The first-order chi connectivity index (χ1) is 7.69. The lowest BCUT2D eigenvalue weighted by Crippen LogP contribution is -1.94. The van der Waals surface area contributed by atoms with Crippen molar-refractivity contribution in [3.05, 3.63) is 46.6 Å². The number of aromatic nitrogens is 1. The van der Waals surface area contributed by atoms with Crippen LogP contribution in [0.5, 0.6) is 0 Å². The Labute approximate surface area is 104 Å². The molecule has 1 heterocycles. The van der Waals surface area contributed by atoms with Gasteiger partial charge in [-0.2, -0.15) is 0 Å². The van der Waals surface area contributed by atoms with Crippen molar-refractivity contribution in [2.75, 3.05) is 5.73 Å². The Morgan fingerprint density at radius 1 is 1.19 bits per heavy atom. The molecule has 1 aromatic carbocycles. The summed E-state index contributed by atoms with van der Waals surface area (Å²) in [6.45, 7) is 2.08. The number of pyridine rings is 1. The summed E-state index contributed by atoms with van der Waals surface area (Å²) in [6.07, 6.45) is 0.897. The third-order valence-corrected chi connectivity index (χ3v) is 2.93. The Kier molecular flexibility index (Phi) is 3.25. The lowest BCUT2D eigenvalue weighted by molar-refractivity contribution is 1.04. The summed E-state index contributed by atoms with van der Waals surface area (Å²) in [6, 6.07) is 11.9. The van der Waals surface area contributed by atoms with Crippen molar-refractivity contribution >= 4 is 21.6 Å². The molecule has 0 amide bonds. The molecule has 16 heavy (non-hydrogen) atoms. The molecular weight excluding hydrogens is 264 g/mol. The minimum atomic E-state index is 0.768. The molecule has 0 aliphatic carbocycles. The predicted molar refractivity (Wildman–Crippen MR) is 71.2 cm³/mol. The Hall–Kier alpha value is -1.35. The second-order valence-electron chi connectivity index (χ2n) is 3.64. The third kappa shape index (κ3) is 2.42. The van der Waals surface area contributed by atoms with E-state index in [2.05, 4.69) is 27.8 Å². The van der Waals surface area contributed by atoms with E-state index in [0.29, 0.717) is 0 Å². The molecule has 0 bridgehead atoms. The van der Waals surface area contributed by atoms with Gasteiger partial charge in [-0.15, -0.1) is 0 Å². The van der Waals surface area contributed by atoms with Gasteiger partial charge in [-0.1, -0.05) is 35.0 Å². The van der Waals surface area contributed by atoms with E-state index in [9.17, 15) is 0 Å². The van der Waals surface area contributed by atoms with Crippen molar-refractivity contribution in [1.29, 1.82) is 0 Å². The average molecular weight is 277 g/mol. The molecular formula is C13H13BrN2. The van der Waals surface area contributed by atoms with Gasteiger partial charge < -0.3 is 5.73 Å². The van der Waals surface area contributed by atoms with Crippen LogP contribution in [0.15, 0.2) is 40.9 Å². The van der Waals surface area contributed by atoms with Gasteiger partial charge in [0.05, 0.1) is 5.69 Å². The number of aryl methyl sites for hydroxylation is 1. The van der Waals surface area contributed by atoms with E-state index >= 15 is 0 Å². The Balaban J connectivity index is 2.47. The number of hydrogen-bond acceptors (Lipinski definition) is 2. The third-order valence-electron chi connectivity index (χ3n) is 2.40. The molecule has 2 aromatic rings. The lowest BCUT2D eigenvalue weighted by atomic mass is 10.1. The van der Waals surface area contributed by atoms with Crippen molar-refractivity contribution in [3.63, 3.8) is 0 Å². The minimum Gasteiger partial charge on any atom is -0.399 e. The molecule has 0 saturated carbocycles. The molecule has 0 saturated heterocycles. The fourth-order valence-corrected chi connectivity index (χ4v) is 1.83. The molecule has 0 unspecified atom stereocenters. The first kappa shape index (κ1) is 11.1. The zero-order chi connectivity index (χ0) is 11.5. The van der Waals surface area contributed by atoms with Crippen LogP contribution in [0.4, 0.5) is 5.69 Å². The Bertz CT molecular complexity index is 492. The van der Waals surface area contributed by atoms with Crippen LogP contribution < -0.4 is 5.73 Å². The second-order valence-corrected chi connectivity index (χ2v) is 4.55. The van der Waals surface area contributed by atoms with E-state index in [-0.39, 0.29) is 0 Å². The van der Waals surface area contributed by atoms with E-state index in [0.717, 1.165) is 33.5 Å². The number of hydrogen-bond donors (Lipinski definition) is 1.